The molecule has 4 atom stereocenters. The van der Waals surface area contributed by atoms with Crippen LogP contribution in [0.5, 0.6) is 0 Å². The second-order valence-electron chi connectivity index (χ2n) is 3.67. The van der Waals surface area contributed by atoms with Crippen LogP contribution in [0.1, 0.15) is 19.3 Å². The highest BCUT2D eigenvalue weighted by Gasteiger charge is 2.44. The molecule has 0 radical (unpaired) electrons. The molecule has 58 valence electrons. The zero-order valence-electron chi connectivity index (χ0n) is 6.42. The van der Waals surface area contributed by atoms with Gasteiger partial charge in [-0.3, -0.25) is 0 Å². The Hall–Kier alpha value is -0.0800. The summed E-state index contributed by atoms with van der Waals surface area (Å²) in [6.45, 7) is 0. The Morgan fingerprint density at radius 2 is 2.00 bits per heavy atom. The molecule has 0 aromatic carbocycles. The third-order valence-electron chi connectivity index (χ3n) is 3.15. The first kappa shape index (κ1) is 6.62. The van der Waals surface area contributed by atoms with Gasteiger partial charge in [0.15, 0.2) is 0 Å². The molecule has 4 unspecified atom stereocenters. The van der Waals surface area contributed by atoms with E-state index in [0.29, 0.717) is 12.1 Å². The minimum absolute atomic E-state index is 0.483. The largest absolute Gasteiger partial charge is 0.381 e. The fourth-order valence-electron chi connectivity index (χ4n) is 2.56. The molecule has 0 saturated heterocycles. The van der Waals surface area contributed by atoms with E-state index in [1.54, 1.807) is 0 Å². The van der Waals surface area contributed by atoms with Gasteiger partial charge in [-0.2, -0.15) is 0 Å². The summed E-state index contributed by atoms with van der Waals surface area (Å²) >= 11 is 0. The Bertz CT molecular complexity index is 135. The number of hydrogen-bond donors (Lipinski definition) is 1. The number of rotatable bonds is 1. The van der Waals surface area contributed by atoms with Crippen molar-refractivity contribution < 1.29 is 4.74 Å². The minimum atomic E-state index is 0.483. The van der Waals surface area contributed by atoms with E-state index < -0.39 is 0 Å². The first-order chi connectivity index (χ1) is 4.81. The number of ether oxygens (including phenoxy) is 1. The Kier molecular flexibility index (Phi) is 1.46. The van der Waals surface area contributed by atoms with E-state index in [4.69, 9.17) is 10.5 Å². The maximum absolute atomic E-state index is 5.88. The second-order valence-corrected chi connectivity index (χ2v) is 3.67. The van der Waals surface area contributed by atoms with Gasteiger partial charge in [0.05, 0.1) is 6.10 Å². The highest BCUT2D eigenvalue weighted by atomic mass is 16.5. The minimum Gasteiger partial charge on any atom is -0.381 e. The van der Waals surface area contributed by atoms with Gasteiger partial charge in [-0.05, 0) is 31.1 Å². The highest BCUT2D eigenvalue weighted by molar-refractivity contribution is 4.97. The molecule has 0 heterocycles. The van der Waals surface area contributed by atoms with Crippen LogP contribution < -0.4 is 5.73 Å². The van der Waals surface area contributed by atoms with Crippen LogP contribution in [0.3, 0.4) is 0 Å². The molecule has 2 N–H and O–H groups in total. The van der Waals surface area contributed by atoms with Crippen LogP contribution in [0.4, 0.5) is 0 Å². The van der Waals surface area contributed by atoms with Crippen LogP contribution in [0.25, 0.3) is 0 Å². The van der Waals surface area contributed by atoms with Crippen molar-refractivity contribution >= 4 is 0 Å². The second kappa shape index (κ2) is 2.21. The van der Waals surface area contributed by atoms with E-state index in [9.17, 15) is 0 Å². The van der Waals surface area contributed by atoms with Gasteiger partial charge >= 0.3 is 0 Å². The van der Waals surface area contributed by atoms with E-state index >= 15 is 0 Å². The van der Waals surface area contributed by atoms with Crippen molar-refractivity contribution in [2.24, 2.45) is 17.6 Å². The van der Waals surface area contributed by atoms with Crippen molar-refractivity contribution in [1.82, 2.24) is 0 Å². The molecule has 2 nitrogen and oxygen atoms in total. The van der Waals surface area contributed by atoms with Crippen LogP contribution in [-0.2, 0) is 4.74 Å². The average molecular weight is 141 g/mol. The van der Waals surface area contributed by atoms with Crippen molar-refractivity contribution in [2.75, 3.05) is 7.11 Å². The Balaban J connectivity index is 2.02. The lowest BCUT2D eigenvalue weighted by molar-refractivity contribution is 0.0534. The van der Waals surface area contributed by atoms with Gasteiger partial charge in [0.25, 0.3) is 0 Å². The number of hydrogen-bond acceptors (Lipinski definition) is 2. The Morgan fingerprint density at radius 1 is 1.20 bits per heavy atom. The molecule has 10 heavy (non-hydrogen) atoms. The zero-order valence-corrected chi connectivity index (χ0v) is 6.42. The van der Waals surface area contributed by atoms with Crippen molar-refractivity contribution in [3.63, 3.8) is 0 Å². The molecular weight excluding hydrogens is 126 g/mol. The van der Waals surface area contributed by atoms with Crippen LogP contribution >= 0.6 is 0 Å². The van der Waals surface area contributed by atoms with E-state index in [-0.39, 0.29) is 0 Å². The zero-order chi connectivity index (χ0) is 7.14. The lowest BCUT2D eigenvalue weighted by Gasteiger charge is -2.23. The molecular formula is C8H15NO. The monoisotopic (exact) mass is 141 g/mol. The molecule has 0 aromatic heterocycles. The maximum Gasteiger partial charge on any atom is 0.0603 e. The van der Waals surface area contributed by atoms with Gasteiger partial charge in [0, 0.05) is 13.2 Å². The molecule has 0 amide bonds. The molecule has 0 aliphatic heterocycles. The molecule has 0 aromatic rings. The average Bonchev–Trinajstić information content (AvgIpc) is 2.44. The normalized spacial score (nSPS) is 52.2. The maximum atomic E-state index is 5.88. The van der Waals surface area contributed by atoms with Crippen molar-refractivity contribution in [1.29, 1.82) is 0 Å². The first-order valence-electron chi connectivity index (χ1n) is 4.09. The number of nitrogens with two attached hydrogens (primary N) is 1. The fourth-order valence-corrected chi connectivity index (χ4v) is 2.56. The van der Waals surface area contributed by atoms with Crippen LogP contribution in [0, 0.1) is 11.8 Å². The summed E-state index contributed by atoms with van der Waals surface area (Å²) in [5.41, 5.74) is 5.88. The summed E-state index contributed by atoms with van der Waals surface area (Å²) < 4.78 is 5.34. The Labute approximate surface area is 61.7 Å². The molecule has 2 bridgehead atoms. The van der Waals surface area contributed by atoms with E-state index in [2.05, 4.69) is 0 Å². The van der Waals surface area contributed by atoms with Crippen LogP contribution in [-0.4, -0.2) is 19.3 Å². The van der Waals surface area contributed by atoms with Crippen LogP contribution in [0.15, 0.2) is 0 Å². The number of methoxy groups -OCH3 is 1. The predicted molar refractivity (Wildman–Crippen MR) is 39.6 cm³/mol. The van der Waals surface area contributed by atoms with Crippen molar-refractivity contribution in [3.8, 4) is 0 Å². The summed E-state index contributed by atoms with van der Waals surface area (Å²) in [6, 6.07) is 0.483. The topological polar surface area (TPSA) is 35.2 Å². The summed E-state index contributed by atoms with van der Waals surface area (Å²) in [5.74, 6) is 1.56. The van der Waals surface area contributed by atoms with Gasteiger partial charge in [0.2, 0.25) is 0 Å². The third-order valence-corrected chi connectivity index (χ3v) is 3.15. The summed E-state index contributed by atoms with van der Waals surface area (Å²) in [5, 5.41) is 0. The molecule has 2 saturated carbocycles. The van der Waals surface area contributed by atoms with E-state index in [1.807, 2.05) is 7.11 Å². The molecule has 0 spiro atoms. The molecule has 2 aliphatic rings. The highest BCUT2D eigenvalue weighted by Crippen LogP contribution is 2.44. The van der Waals surface area contributed by atoms with Gasteiger partial charge < -0.3 is 10.5 Å². The fraction of sp³-hybridized carbons (Fsp3) is 1.00. The van der Waals surface area contributed by atoms with E-state index in [1.165, 1.54) is 19.3 Å². The smallest absolute Gasteiger partial charge is 0.0603 e. The van der Waals surface area contributed by atoms with Gasteiger partial charge in [-0.25, -0.2) is 0 Å². The molecule has 2 rings (SSSR count). The standard InChI is InChI=1S/C8H15NO/c1-10-8-4-5-2-6(8)3-7(5)9/h5-8H,2-4,9H2,1H3. The molecule has 2 fully saturated rings. The van der Waals surface area contributed by atoms with Crippen LogP contribution in [0.2, 0.25) is 0 Å². The summed E-state index contributed by atoms with van der Waals surface area (Å²) in [4.78, 5) is 0. The van der Waals surface area contributed by atoms with Gasteiger partial charge in [0.1, 0.15) is 0 Å². The summed E-state index contributed by atoms with van der Waals surface area (Å²) in [6.07, 6.45) is 4.26. The predicted octanol–water partition coefficient (Wildman–Crippen LogP) is 0.759. The number of fused-ring (bicyclic) bond motifs is 2. The van der Waals surface area contributed by atoms with E-state index in [0.717, 1.165) is 11.8 Å². The molecule has 2 aliphatic carbocycles. The summed E-state index contributed by atoms with van der Waals surface area (Å²) in [7, 11) is 1.82. The quantitative estimate of drug-likeness (QED) is 0.585. The van der Waals surface area contributed by atoms with Gasteiger partial charge in [-0.1, -0.05) is 0 Å². The molecule has 2 heteroatoms. The van der Waals surface area contributed by atoms with Gasteiger partial charge in [-0.15, -0.1) is 0 Å². The van der Waals surface area contributed by atoms with Crippen molar-refractivity contribution in [3.05, 3.63) is 0 Å². The first-order valence-corrected chi connectivity index (χ1v) is 4.09. The lowest BCUT2D eigenvalue weighted by atomic mass is 9.94. The SMILES string of the molecule is COC1CC2CC1CC2N. The lowest BCUT2D eigenvalue weighted by Crippen LogP contribution is -2.32. The van der Waals surface area contributed by atoms with Crippen molar-refractivity contribution in [2.45, 2.75) is 31.4 Å². The third kappa shape index (κ3) is 0.789. The Morgan fingerprint density at radius 3 is 2.40 bits per heavy atom.